The van der Waals surface area contributed by atoms with Gasteiger partial charge < -0.3 is 5.73 Å². The standard InChI is InChI=1S/C11H12BrN5/c1-6-4-10(6)17-11(14-15-16-17)7-2-3-8(12)9(13)5-7/h2-3,5-6,10H,4,13H2,1H3. The SMILES string of the molecule is CC1CC1n1nnnc1-c1ccc(Br)c(N)c1. The third-order valence-electron chi connectivity index (χ3n) is 3.13. The lowest BCUT2D eigenvalue weighted by molar-refractivity contribution is 0.584. The van der Waals surface area contributed by atoms with E-state index in [0.29, 0.717) is 17.6 Å². The number of anilines is 1. The Morgan fingerprint density at radius 1 is 1.47 bits per heavy atom. The van der Waals surface area contributed by atoms with E-state index in [1.807, 2.05) is 22.9 Å². The predicted octanol–water partition coefficient (Wildman–Crippen LogP) is 2.27. The van der Waals surface area contributed by atoms with Gasteiger partial charge in [0.1, 0.15) is 0 Å². The van der Waals surface area contributed by atoms with Gasteiger partial charge in [0.05, 0.1) is 6.04 Å². The summed E-state index contributed by atoms with van der Waals surface area (Å²) in [6.45, 7) is 2.20. The molecule has 5 nitrogen and oxygen atoms in total. The molecule has 1 aliphatic rings. The lowest BCUT2D eigenvalue weighted by Gasteiger charge is -2.05. The van der Waals surface area contributed by atoms with Crippen molar-refractivity contribution in [3.8, 4) is 11.4 Å². The quantitative estimate of drug-likeness (QED) is 0.863. The normalized spacial score (nSPS) is 22.7. The molecule has 6 heteroatoms. The van der Waals surface area contributed by atoms with Crippen LogP contribution >= 0.6 is 15.9 Å². The molecule has 1 fully saturated rings. The average molecular weight is 294 g/mol. The van der Waals surface area contributed by atoms with Crippen LogP contribution < -0.4 is 5.73 Å². The van der Waals surface area contributed by atoms with E-state index < -0.39 is 0 Å². The van der Waals surface area contributed by atoms with Crippen LogP contribution in [-0.2, 0) is 0 Å². The summed E-state index contributed by atoms with van der Waals surface area (Å²) >= 11 is 3.38. The molecule has 1 aliphatic carbocycles. The molecule has 1 aromatic carbocycles. The van der Waals surface area contributed by atoms with Gasteiger partial charge in [-0.1, -0.05) is 6.92 Å². The van der Waals surface area contributed by atoms with Crippen LogP contribution in [0, 0.1) is 5.92 Å². The molecule has 0 bridgehead atoms. The third kappa shape index (κ3) is 1.82. The smallest absolute Gasteiger partial charge is 0.182 e. The van der Waals surface area contributed by atoms with Gasteiger partial charge in [0, 0.05) is 15.7 Å². The van der Waals surface area contributed by atoms with E-state index in [2.05, 4.69) is 38.4 Å². The van der Waals surface area contributed by atoms with Crippen LogP contribution in [0.25, 0.3) is 11.4 Å². The first-order chi connectivity index (χ1) is 8.16. The second-order valence-corrected chi connectivity index (χ2v) is 5.32. The van der Waals surface area contributed by atoms with Crippen molar-refractivity contribution in [3.05, 3.63) is 22.7 Å². The molecule has 0 spiro atoms. The molecular formula is C11H12BrN5. The van der Waals surface area contributed by atoms with E-state index in [9.17, 15) is 0 Å². The predicted molar refractivity (Wildman–Crippen MR) is 68.2 cm³/mol. The summed E-state index contributed by atoms with van der Waals surface area (Å²) in [4.78, 5) is 0. The van der Waals surface area contributed by atoms with Gasteiger partial charge in [0.15, 0.2) is 5.82 Å². The van der Waals surface area contributed by atoms with Gasteiger partial charge in [-0.2, -0.15) is 0 Å². The van der Waals surface area contributed by atoms with Gasteiger partial charge in [-0.3, -0.25) is 0 Å². The van der Waals surface area contributed by atoms with Gasteiger partial charge in [-0.15, -0.1) is 5.10 Å². The number of tetrazole rings is 1. The Kier molecular flexibility index (Phi) is 2.39. The van der Waals surface area contributed by atoms with Gasteiger partial charge in [0.2, 0.25) is 0 Å². The molecule has 88 valence electrons. The Morgan fingerprint density at radius 2 is 2.24 bits per heavy atom. The Bertz CT molecular complexity index is 565. The number of halogens is 1. The first-order valence-corrected chi connectivity index (χ1v) is 6.29. The fourth-order valence-electron chi connectivity index (χ4n) is 1.93. The van der Waals surface area contributed by atoms with Crippen molar-refractivity contribution >= 4 is 21.6 Å². The molecule has 3 rings (SSSR count). The average Bonchev–Trinajstić information content (AvgIpc) is 2.85. The zero-order chi connectivity index (χ0) is 12.0. The number of rotatable bonds is 2. The molecule has 0 aliphatic heterocycles. The van der Waals surface area contributed by atoms with Crippen LogP contribution in [0.1, 0.15) is 19.4 Å². The molecule has 2 N–H and O–H groups in total. The molecule has 2 aromatic rings. The number of hydrogen-bond acceptors (Lipinski definition) is 4. The summed E-state index contributed by atoms with van der Waals surface area (Å²) in [6.07, 6.45) is 1.14. The maximum absolute atomic E-state index is 5.87. The monoisotopic (exact) mass is 293 g/mol. The molecular weight excluding hydrogens is 282 g/mol. The zero-order valence-electron chi connectivity index (χ0n) is 9.34. The fourth-order valence-corrected chi connectivity index (χ4v) is 2.18. The topological polar surface area (TPSA) is 69.6 Å². The zero-order valence-corrected chi connectivity index (χ0v) is 10.9. The molecule has 1 heterocycles. The minimum Gasteiger partial charge on any atom is -0.398 e. The maximum Gasteiger partial charge on any atom is 0.182 e. The van der Waals surface area contributed by atoms with Crippen molar-refractivity contribution in [1.29, 1.82) is 0 Å². The lowest BCUT2D eigenvalue weighted by atomic mass is 10.2. The third-order valence-corrected chi connectivity index (χ3v) is 3.85. The Balaban J connectivity index is 2.03. The van der Waals surface area contributed by atoms with Crippen molar-refractivity contribution in [2.24, 2.45) is 5.92 Å². The first kappa shape index (κ1) is 10.7. The highest BCUT2D eigenvalue weighted by Crippen LogP contribution is 2.43. The number of nitrogens with zero attached hydrogens (tertiary/aromatic N) is 4. The maximum atomic E-state index is 5.87. The van der Waals surface area contributed by atoms with E-state index in [-0.39, 0.29) is 0 Å². The van der Waals surface area contributed by atoms with Crippen LogP contribution in [0.3, 0.4) is 0 Å². The van der Waals surface area contributed by atoms with E-state index in [1.54, 1.807) is 0 Å². The highest BCUT2D eigenvalue weighted by Gasteiger charge is 2.37. The highest BCUT2D eigenvalue weighted by molar-refractivity contribution is 9.10. The van der Waals surface area contributed by atoms with E-state index in [4.69, 9.17) is 5.73 Å². The van der Waals surface area contributed by atoms with Crippen LogP contribution in [0.15, 0.2) is 22.7 Å². The van der Waals surface area contributed by atoms with Crippen molar-refractivity contribution < 1.29 is 0 Å². The second-order valence-electron chi connectivity index (χ2n) is 4.46. The van der Waals surface area contributed by atoms with Gasteiger partial charge in [0.25, 0.3) is 0 Å². The summed E-state index contributed by atoms with van der Waals surface area (Å²) < 4.78 is 2.79. The largest absolute Gasteiger partial charge is 0.398 e. The van der Waals surface area contributed by atoms with Crippen molar-refractivity contribution in [3.63, 3.8) is 0 Å². The Hall–Kier alpha value is -1.43. The molecule has 0 saturated heterocycles. The molecule has 1 aromatic heterocycles. The van der Waals surface area contributed by atoms with Crippen molar-refractivity contribution in [2.45, 2.75) is 19.4 Å². The second kappa shape index (κ2) is 3.80. The first-order valence-electron chi connectivity index (χ1n) is 5.50. The molecule has 17 heavy (non-hydrogen) atoms. The minimum absolute atomic E-state index is 0.435. The summed E-state index contributed by atoms with van der Waals surface area (Å²) in [6, 6.07) is 6.21. The number of benzene rings is 1. The summed E-state index contributed by atoms with van der Waals surface area (Å²) in [5, 5.41) is 11.9. The van der Waals surface area contributed by atoms with Gasteiger partial charge in [-0.25, -0.2) is 4.68 Å². The lowest BCUT2D eigenvalue weighted by Crippen LogP contribution is -2.01. The Labute approximate surface area is 107 Å². The van der Waals surface area contributed by atoms with Crippen LogP contribution in [0.4, 0.5) is 5.69 Å². The number of hydrogen-bond donors (Lipinski definition) is 1. The van der Waals surface area contributed by atoms with E-state index >= 15 is 0 Å². The molecule has 0 amide bonds. The van der Waals surface area contributed by atoms with Crippen LogP contribution in [-0.4, -0.2) is 20.2 Å². The van der Waals surface area contributed by atoms with E-state index in [1.165, 1.54) is 0 Å². The molecule has 2 unspecified atom stereocenters. The molecule has 2 atom stereocenters. The van der Waals surface area contributed by atoms with Crippen molar-refractivity contribution in [2.75, 3.05) is 5.73 Å². The van der Waals surface area contributed by atoms with Crippen molar-refractivity contribution in [1.82, 2.24) is 20.2 Å². The van der Waals surface area contributed by atoms with Gasteiger partial charge in [-0.05, 0) is 56.9 Å². The van der Waals surface area contributed by atoms with Crippen LogP contribution in [0.5, 0.6) is 0 Å². The fraction of sp³-hybridized carbons (Fsp3) is 0.364. The van der Waals surface area contributed by atoms with Crippen LogP contribution in [0.2, 0.25) is 0 Å². The molecule has 1 saturated carbocycles. The summed E-state index contributed by atoms with van der Waals surface area (Å²) in [7, 11) is 0. The van der Waals surface area contributed by atoms with E-state index in [0.717, 1.165) is 22.3 Å². The number of nitrogen functional groups attached to an aromatic ring is 1. The molecule has 0 radical (unpaired) electrons. The number of aromatic nitrogens is 4. The Morgan fingerprint density at radius 3 is 2.88 bits per heavy atom. The van der Waals surface area contributed by atoms with Gasteiger partial charge >= 0.3 is 0 Å². The summed E-state index contributed by atoms with van der Waals surface area (Å²) in [5.74, 6) is 1.45. The minimum atomic E-state index is 0.435. The highest BCUT2D eigenvalue weighted by atomic mass is 79.9. The summed E-state index contributed by atoms with van der Waals surface area (Å²) in [5.41, 5.74) is 7.52. The number of nitrogens with two attached hydrogens (primary N) is 1.